The molecule has 1 atom stereocenters. The summed E-state index contributed by atoms with van der Waals surface area (Å²) in [6.07, 6.45) is 0. The van der Waals surface area contributed by atoms with Gasteiger partial charge in [-0.1, -0.05) is 23.7 Å². The molecule has 0 heterocycles. The van der Waals surface area contributed by atoms with E-state index < -0.39 is 0 Å². The number of benzene rings is 2. The third-order valence-electron chi connectivity index (χ3n) is 3.70. The first kappa shape index (κ1) is 16.3. The summed E-state index contributed by atoms with van der Waals surface area (Å²) in [5.74, 6) is 0. The average Bonchev–Trinajstić information content (AvgIpc) is 2.44. The highest BCUT2D eigenvalue weighted by Crippen LogP contribution is 2.29. The van der Waals surface area contributed by atoms with E-state index in [4.69, 9.17) is 11.6 Å². The minimum absolute atomic E-state index is 0.0313. The molecule has 0 radical (unpaired) electrons. The van der Waals surface area contributed by atoms with Crippen molar-refractivity contribution < 1.29 is 5.11 Å². The van der Waals surface area contributed by atoms with E-state index in [9.17, 15) is 5.11 Å². The molecular weight excluding hydrogens is 350 g/mol. The number of aryl methyl sites for hydroxylation is 3. The largest absolute Gasteiger partial charge is 0.394 e. The van der Waals surface area contributed by atoms with Gasteiger partial charge in [0.1, 0.15) is 0 Å². The summed E-state index contributed by atoms with van der Waals surface area (Å²) in [5.41, 5.74) is 5.71. The van der Waals surface area contributed by atoms with Gasteiger partial charge >= 0.3 is 0 Å². The van der Waals surface area contributed by atoms with Crippen LogP contribution in [0, 0.1) is 20.8 Å². The molecule has 0 aliphatic rings. The minimum atomic E-state index is -0.141. The predicted molar refractivity (Wildman–Crippen MR) is 93.3 cm³/mol. The van der Waals surface area contributed by atoms with Crippen LogP contribution in [0.4, 0.5) is 5.69 Å². The number of rotatable bonds is 4. The second-order valence-corrected chi connectivity index (χ2v) is 6.56. The van der Waals surface area contributed by atoms with Gasteiger partial charge < -0.3 is 10.4 Å². The molecular formula is C17H19BrClNO. The normalized spacial score (nSPS) is 12.3. The van der Waals surface area contributed by atoms with E-state index in [1.165, 1.54) is 16.7 Å². The topological polar surface area (TPSA) is 32.3 Å². The quantitative estimate of drug-likeness (QED) is 0.780. The van der Waals surface area contributed by atoms with Gasteiger partial charge in [-0.25, -0.2) is 0 Å². The fraction of sp³-hybridized carbons (Fsp3) is 0.294. The first-order valence-corrected chi connectivity index (χ1v) is 7.99. The van der Waals surface area contributed by atoms with Crippen molar-refractivity contribution in [2.24, 2.45) is 0 Å². The van der Waals surface area contributed by atoms with E-state index in [0.717, 1.165) is 15.7 Å². The SMILES string of the molecule is Cc1cc(C)c(C(CO)Nc2ccc(Cl)c(Br)c2)cc1C. The first-order valence-electron chi connectivity index (χ1n) is 6.82. The Kier molecular flexibility index (Phi) is 5.31. The zero-order valence-electron chi connectivity index (χ0n) is 12.4. The molecule has 2 aromatic carbocycles. The maximum atomic E-state index is 9.75. The van der Waals surface area contributed by atoms with Gasteiger partial charge in [-0.2, -0.15) is 0 Å². The zero-order valence-corrected chi connectivity index (χ0v) is 14.7. The van der Waals surface area contributed by atoms with E-state index in [1.54, 1.807) is 0 Å². The Labute approximate surface area is 139 Å². The standard InChI is InChI=1S/C17H19BrClNO/c1-10-6-12(3)14(7-11(10)2)17(9-21)20-13-4-5-16(19)15(18)8-13/h4-8,17,20-21H,9H2,1-3H3. The predicted octanol–water partition coefficient (Wildman–Crippen LogP) is 5.17. The molecule has 0 aromatic heterocycles. The lowest BCUT2D eigenvalue weighted by molar-refractivity contribution is 0.276. The number of aliphatic hydroxyl groups excluding tert-OH is 1. The number of anilines is 1. The molecule has 112 valence electrons. The lowest BCUT2D eigenvalue weighted by Crippen LogP contribution is -2.16. The van der Waals surface area contributed by atoms with Crippen LogP contribution in [0.3, 0.4) is 0 Å². The van der Waals surface area contributed by atoms with E-state index >= 15 is 0 Å². The van der Waals surface area contributed by atoms with Crippen LogP contribution in [0.2, 0.25) is 5.02 Å². The molecule has 2 nitrogen and oxygen atoms in total. The summed E-state index contributed by atoms with van der Waals surface area (Å²) in [6, 6.07) is 9.82. The van der Waals surface area contributed by atoms with Gasteiger partial charge in [-0.05, 0) is 77.2 Å². The van der Waals surface area contributed by atoms with E-state index in [-0.39, 0.29) is 12.6 Å². The van der Waals surface area contributed by atoms with Crippen molar-refractivity contribution in [2.45, 2.75) is 26.8 Å². The lowest BCUT2D eigenvalue weighted by atomic mass is 9.96. The van der Waals surface area contributed by atoms with Crippen LogP contribution in [0.15, 0.2) is 34.8 Å². The van der Waals surface area contributed by atoms with Crippen molar-refractivity contribution in [1.29, 1.82) is 0 Å². The molecule has 0 aliphatic carbocycles. The fourth-order valence-corrected chi connectivity index (χ4v) is 2.86. The number of hydrogen-bond donors (Lipinski definition) is 2. The second kappa shape index (κ2) is 6.82. The summed E-state index contributed by atoms with van der Waals surface area (Å²) >= 11 is 9.42. The summed E-state index contributed by atoms with van der Waals surface area (Å²) in [4.78, 5) is 0. The second-order valence-electron chi connectivity index (χ2n) is 5.30. The number of hydrogen-bond acceptors (Lipinski definition) is 2. The molecule has 2 N–H and O–H groups in total. The molecule has 0 aliphatic heterocycles. The van der Waals surface area contributed by atoms with E-state index in [2.05, 4.69) is 54.2 Å². The first-order chi connectivity index (χ1) is 9.92. The summed E-state index contributed by atoms with van der Waals surface area (Å²) in [7, 11) is 0. The third-order valence-corrected chi connectivity index (χ3v) is 4.91. The Bertz CT molecular complexity index is 657. The van der Waals surface area contributed by atoms with Gasteiger partial charge in [-0.3, -0.25) is 0 Å². The maximum Gasteiger partial charge on any atom is 0.0747 e. The fourth-order valence-electron chi connectivity index (χ4n) is 2.37. The molecule has 0 saturated carbocycles. The molecule has 0 fully saturated rings. The molecule has 2 rings (SSSR count). The zero-order chi connectivity index (χ0) is 15.6. The smallest absolute Gasteiger partial charge is 0.0747 e. The molecule has 0 bridgehead atoms. The molecule has 2 aromatic rings. The molecule has 1 unspecified atom stereocenters. The van der Waals surface area contributed by atoms with Crippen LogP contribution < -0.4 is 5.32 Å². The van der Waals surface area contributed by atoms with E-state index in [1.807, 2.05) is 18.2 Å². The monoisotopic (exact) mass is 367 g/mol. The molecule has 0 spiro atoms. The van der Waals surface area contributed by atoms with Gasteiger partial charge in [0.05, 0.1) is 17.7 Å². The van der Waals surface area contributed by atoms with Crippen molar-refractivity contribution in [2.75, 3.05) is 11.9 Å². The molecule has 4 heteroatoms. The van der Waals surface area contributed by atoms with Crippen LogP contribution >= 0.6 is 27.5 Å². The van der Waals surface area contributed by atoms with Gasteiger partial charge in [0.15, 0.2) is 0 Å². The summed E-state index contributed by atoms with van der Waals surface area (Å²) in [6.45, 7) is 6.29. The highest BCUT2D eigenvalue weighted by Gasteiger charge is 2.14. The highest BCUT2D eigenvalue weighted by molar-refractivity contribution is 9.10. The number of halogens is 2. The Morgan fingerprint density at radius 1 is 1.10 bits per heavy atom. The van der Waals surface area contributed by atoms with Gasteiger partial charge in [-0.15, -0.1) is 0 Å². The van der Waals surface area contributed by atoms with Crippen molar-refractivity contribution in [1.82, 2.24) is 0 Å². The molecule has 0 amide bonds. The van der Waals surface area contributed by atoms with Crippen molar-refractivity contribution in [3.05, 3.63) is 62.1 Å². The molecule has 0 saturated heterocycles. The van der Waals surface area contributed by atoms with Gasteiger partial charge in [0.25, 0.3) is 0 Å². The van der Waals surface area contributed by atoms with Gasteiger partial charge in [0, 0.05) is 10.2 Å². The Balaban J connectivity index is 2.31. The van der Waals surface area contributed by atoms with Crippen molar-refractivity contribution in [3.63, 3.8) is 0 Å². The summed E-state index contributed by atoms with van der Waals surface area (Å²) < 4.78 is 0.836. The van der Waals surface area contributed by atoms with Crippen molar-refractivity contribution in [3.8, 4) is 0 Å². The number of nitrogens with one attached hydrogen (secondary N) is 1. The summed E-state index contributed by atoms with van der Waals surface area (Å²) in [5, 5.41) is 13.8. The van der Waals surface area contributed by atoms with E-state index in [0.29, 0.717) is 5.02 Å². The minimum Gasteiger partial charge on any atom is -0.394 e. The van der Waals surface area contributed by atoms with Crippen LogP contribution in [-0.2, 0) is 0 Å². The van der Waals surface area contributed by atoms with Gasteiger partial charge in [0.2, 0.25) is 0 Å². The third kappa shape index (κ3) is 3.79. The Hall–Kier alpha value is -1.03. The van der Waals surface area contributed by atoms with Crippen LogP contribution in [0.25, 0.3) is 0 Å². The Morgan fingerprint density at radius 2 is 1.76 bits per heavy atom. The van der Waals surface area contributed by atoms with Crippen LogP contribution in [-0.4, -0.2) is 11.7 Å². The lowest BCUT2D eigenvalue weighted by Gasteiger charge is -2.21. The van der Waals surface area contributed by atoms with Crippen LogP contribution in [0.5, 0.6) is 0 Å². The van der Waals surface area contributed by atoms with Crippen LogP contribution in [0.1, 0.15) is 28.3 Å². The van der Waals surface area contributed by atoms with Crippen molar-refractivity contribution >= 4 is 33.2 Å². The maximum absolute atomic E-state index is 9.75. The Morgan fingerprint density at radius 3 is 2.38 bits per heavy atom. The highest BCUT2D eigenvalue weighted by atomic mass is 79.9. The molecule has 21 heavy (non-hydrogen) atoms. The number of aliphatic hydroxyl groups is 1. The average molecular weight is 369 g/mol.